The quantitative estimate of drug-likeness (QED) is 0.527. The van der Waals surface area contributed by atoms with E-state index in [9.17, 15) is 8.42 Å². The minimum absolute atomic E-state index is 0.277. The van der Waals surface area contributed by atoms with Crippen LogP contribution in [0.25, 0.3) is 11.0 Å². The minimum Gasteiger partial charge on any atom is -0.327 e. The van der Waals surface area contributed by atoms with Gasteiger partial charge in [0.25, 0.3) is 0 Å². The van der Waals surface area contributed by atoms with Gasteiger partial charge < -0.3 is 4.57 Å². The van der Waals surface area contributed by atoms with E-state index in [0.717, 1.165) is 35.6 Å². The number of rotatable bonds is 7. The Balaban J connectivity index is 1.96. The number of fused-ring (bicyclic) bond motifs is 1. The lowest BCUT2D eigenvalue weighted by Crippen LogP contribution is -2.22. The van der Waals surface area contributed by atoms with Crippen LogP contribution < -0.4 is 0 Å². The number of aromatic nitrogens is 2. The van der Waals surface area contributed by atoms with Crippen molar-refractivity contribution in [2.24, 2.45) is 0 Å². The Morgan fingerprint density at radius 1 is 1.07 bits per heavy atom. The van der Waals surface area contributed by atoms with Crippen LogP contribution in [-0.4, -0.2) is 36.4 Å². The van der Waals surface area contributed by atoms with Gasteiger partial charge in [0.1, 0.15) is 5.82 Å². The largest absolute Gasteiger partial charge is 0.327 e. The molecular weight excluding hydrogens is 390 g/mol. The number of benzene rings is 2. The van der Waals surface area contributed by atoms with Crippen LogP contribution in [0.5, 0.6) is 0 Å². The topological polar surface area (TPSA) is 55.2 Å². The minimum atomic E-state index is -3.47. The molecule has 0 saturated heterocycles. The molecule has 3 aromatic rings. The molecule has 7 heteroatoms. The zero-order chi connectivity index (χ0) is 20.5. The van der Waals surface area contributed by atoms with Crippen molar-refractivity contribution < 1.29 is 8.42 Å². The van der Waals surface area contributed by atoms with Gasteiger partial charge in [-0.25, -0.2) is 17.7 Å². The molecule has 0 aliphatic heterocycles. The SMILES string of the molecule is CCCn1c(CSc2ccc(C)c(C)c2)nc2cc(S(=O)(=O)N(C)C)ccc21. The Morgan fingerprint density at radius 3 is 2.46 bits per heavy atom. The number of thioether (sulfide) groups is 1. The van der Waals surface area contributed by atoms with Gasteiger partial charge in [0.15, 0.2) is 0 Å². The number of nitrogens with zero attached hydrogens (tertiary/aromatic N) is 3. The van der Waals surface area contributed by atoms with Gasteiger partial charge in [0, 0.05) is 25.5 Å². The van der Waals surface area contributed by atoms with Crippen LogP contribution in [0.1, 0.15) is 30.3 Å². The van der Waals surface area contributed by atoms with Gasteiger partial charge in [-0.15, -0.1) is 11.8 Å². The van der Waals surface area contributed by atoms with E-state index in [1.807, 2.05) is 6.07 Å². The highest BCUT2D eigenvalue weighted by atomic mass is 32.2. The van der Waals surface area contributed by atoms with Gasteiger partial charge >= 0.3 is 0 Å². The second-order valence-electron chi connectivity index (χ2n) is 7.15. The fourth-order valence-electron chi connectivity index (χ4n) is 3.07. The standard InChI is InChI=1S/C21H27N3O2S2/c1-6-11-24-20-10-9-18(28(25,26)23(4)5)13-19(20)22-21(24)14-27-17-8-7-15(2)16(3)12-17/h7-10,12-13H,6,11,14H2,1-5H3. The van der Waals surface area contributed by atoms with Crippen molar-refractivity contribution in [2.45, 2.75) is 49.3 Å². The molecule has 0 unspecified atom stereocenters. The average molecular weight is 418 g/mol. The summed E-state index contributed by atoms with van der Waals surface area (Å²) in [5, 5.41) is 0. The Labute approximate surface area is 171 Å². The number of imidazole rings is 1. The van der Waals surface area contributed by atoms with Gasteiger partial charge in [0.05, 0.1) is 21.7 Å². The highest BCUT2D eigenvalue weighted by Gasteiger charge is 2.19. The summed E-state index contributed by atoms with van der Waals surface area (Å²) in [4.78, 5) is 6.27. The van der Waals surface area contributed by atoms with E-state index in [2.05, 4.69) is 43.5 Å². The Morgan fingerprint density at radius 2 is 1.82 bits per heavy atom. The van der Waals surface area contributed by atoms with E-state index in [-0.39, 0.29) is 4.90 Å². The molecule has 3 rings (SSSR count). The molecule has 28 heavy (non-hydrogen) atoms. The first kappa shape index (κ1) is 20.9. The molecule has 150 valence electrons. The number of aryl methyl sites for hydroxylation is 3. The molecule has 5 nitrogen and oxygen atoms in total. The summed E-state index contributed by atoms with van der Waals surface area (Å²) < 4.78 is 28.3. The maximum absolute atomic E-state index is 12.5. The molecule has 0 N–H and O–H groups in total. The van der Waals surface area contributed by atoms with Gasteiger partial charge in [-0.3, -0.25) is 0 Å². The van der Waals surface area contributed by atoms with Crippen LogP contribution in [0.4, 0.5) is 0 Å². The third kappa shape index (κ3) is 4.11. The third-order valence-electron chi connectivity index (χ3n) is 4.87. The van der Waals surface area contributed by atoms with E-state index >= 15 is 0 Å². The normalized spacial score (nSPS) is 12.2. The number of sulfonamides is 1. The van der Waals surface area contributed by atoms with Gasteiger partial charge in [-0.05, 0) is 61.7 Å². The molecule has 0 bridgehead atoms. The fourth-order valence-corrected chi connectivity index (χ4v) is 4.93. The molecule has 0 atom stereocenters. The maximum Gasteiger partial charge on any atom is 0.242 e. The van der Waals surface area contributed by atoms with Crippen molar-refractivity contribution >= 4 is 32.8 Å². The molecule has 0 spiro atoms. The molecule has 0 aliphatic carbocycles. The maximum atomic E-state index is 12.5. The summed E-state index contributed by atoms with van der Waals surface area (Å²) in [7, 11) is -0.384. The Kier molecular flexibility index (Phi) is 6.17. The summed E-state index contributed by atoms with van der Waals surface area (Å²) in [6, 6.07) is 11.7. The fraction of sp³-hybridized carbons (Fsp3) is 0.381. The van der Waals surface area contributed by atoms with Crippen molar-refractivity contribution in [1.29, 1.82) is 0 Å². The van der Waals surface area contributed by atoms with Gasteiger partial charge in [-0.1, -0.05) is 13.0 Å². The first-order valence-electron chi connectivity index (χ1n) is 9.35. The number of hydrogen-bond donors (Lipinski definition) is 0. The molecule has 1 aromatic heterocycles. The highest BCUT2D eigenvalue weighted by Crippen LogP contribution is 2.28. The monoisotopic (exact) mass is 417 g/mol. The van der Waals surface area contributed by atoms with Crippen LogP contribution in [0, 0.1) is 13.8 Å². The molecule has 2 aromatic carbocycles. The van der Waals surface area contributed by atoms with E-state index in [0.29, 0.717) is 0 Å². The van der Waals surface area contributed by atoms with Gasteiger partial charge in [-0.2, -0.15) is 0 Å². The predicted octanol–water partition coefficient (Wildman–Crippen LogP) is 4.61. The summed E-state index contributed by atoms with van der Waals surface area (Å²) in [6.45, 7) is 7.23. The summed E-state index contributed by atoms with van der Waals surface area (Å²) in [6.07, 6.45) is 0.991. The van der Waals surface area contributed by atoms with Gasteiger partial charge in [0.2, 0.25) is 10.0 Å². The summed E-state index contributed by atoms with van der Waals surface area (Å²) in [5.41, 5.74) is 4.28. The van der Waals surface area contributed by atoms with E-state index in [1.54, 1.807) is 38.0 Å². The lowest BCUT2D eigenvalue weighted by atomic mass is 10.1. The van der Waals surface area contributed by atoms with Crippen molar-refractivity contribution in [3.8, 4) is 0 Å². The lowest BCUT2D eigenvalue weighted by Gasteiger charge is -2.11. The second kappa shape index (κ2) is 8.27. The smallest absolute Gasteiger partial charge is 0.242 e. The van der Waals surface area contributed by atoms with Crippen molar-refractivity contribution in [3.63, 3.8) is 0 Å². The van der Waals surface area contributed by atoms with E-state index < -0.39 is 10.0 Å². The van der Waals surface area contributed by atoms with E-state index in [4.69, 9.17) is 4.98 Å². The highest BCUT2D eigenvalue weighted by molar-refractivity contribution is 7.98. The van der Waals surface area contributed by atoms with Crippen LogP contribution >= 0.6 is 11.8 Å². The van der Waals surface area contributed by atoms with Crippen LogP contribution in [0.3, 0.4) is 0 Å². The third-order valence-corrected chi connectivity index (χ3v) is 7.67. The van der Waals surface area contributed by atoms with Crippen LogP contribution in [0.15, 0.2) is 46.2 Å². The first-order chi connectivity index (χ1) is 13.2. The Bertz CT molecular complexity index is 1100. The van der Waals surface area contributed by atoms with Crippen molar-refractivity contribution in [3.05, 3.63) is 53.3 Å². The molecule has 0 amide bonds. The van der Waals surface area contributed by atoms with Crippen molar-refractivity contribution in [2.75, 3.05) is 14.1 Å². The predicted molar refractivity (Wildman–Crippen MR) is 116 cm³/mol. The summed E-state index contributed by atoms with van der Waals surface area (Å²) >= 11 is 1.76. The van der Waals surface area contributed by atoms with Crippen LogP contribution in [0.2, 0.25) is 0 Å². The first-order valence-corrected chi connectivity index (χ1v) is 11.8. The molecule has 0 saturated carbocycles. The molecule has 0 radical (unpaired) electrons. The number of hydrogen-bond acceptors (Lipinski definition) is 4. The molecule has 1 heterocycles. The average Bonchev–Trinajstić information content (AvgIpc) is 3.00. The Hall–Kier alpha value is -1.83. The van der Waals surface area contributed by atoms with Crippen molar-refractivity contribution in [1.82, 2.24) is 13.9 Å². The zero-order valence-electron chi connectivity index (χ0n) is 17.1. The molecule has 0 aliphatic rings. The van der Waals surface area contributed by atoms with E-state index in [1.165, 1.54) is 20.3 Å². The van der Waals surface area contributed by atoms with Crippen LogP contribution in [-0.2, 0) is 22.3 Å². The molecule has 0 fully saturated rings. The molecular formula is C21H27N3O2S2. The lowest BCUT2D eigenvalue weighted by molar-refractivity contribution is 0.521. The second-order valence-corrected chi connectivity index (χ2v) is 10.4. The zero-order valence-corrected chi connectivity index (χ0v) is 18.7. The summed E-state index contributed by atoms with van der Waals surface area (Å²) in [5.74, 6) is 1.71.